The van der Waals surface area contributed by atoms with Gasteiger partial charge in [0.05, 0.1) is 4.90 Å². The smallest absolute Gasteiger partial charge is 0.240 e. The first-order chi connectivity index (χ1) is 8.60. The van der Waals surface area contributed by atoms with E-state index in [-0.39, 0.29) is 4.90 Å². The number of nitrogens with one attached hydrogen (secondary N) is 2. The first kappa shape index (κ1) is 15.3. The molecule has 0 aliphatic rings. The lowest BCUT2D eigenvalue weighted by atomic mass is 10.3. The fourth-order valence-corrected chi connectivity index (χ4v) is 2.79. The number of rotatable bonds is 8. The average molecular weight is 288 g/mol. The van der Waals surface area contributed by atoms with E-state index in [4.69, 9.17) is 0 Å². The molecule has 0 bridgehead atoms. The molecule has 4 nitrogen and oxygen atoms in total. The van der Waals surface area contributed by atoms with Crippen molar-refractivity contribution >= 4 is 27.5 Å². The van der Waals surface area contributed by atoms with Crippen molar-refractivity contribution < 1.29 is 8.42 Å². The third-order valence-corrected chi connectivity index (χ3v) is 4.85. The van der Waals surface area contributed by atoms with Crippen molar-refractivity contribution in [3.8, 4) is 0 Å². The summed E-state index contributed by atoms with van der Waals surface area (Å²) in [5.74, 6) is 2.30. The van der Waals surface area contributed by atoms with Crippen LogP contribution in [0.25, 0.3) is 0 Å². The van der Waals surface area contributed by atoms with Gasteiger partial charge in [0.15, 0.2) is 0 Å². The number of benzene rings is 1. The lowest BCUT2D eigenvalue weighted by molar-refractivity contribution is 0.588. The normalized spacial score (nSPS) is 11.4. The van der Waals surface area contributed by atoms with Gasteiger partial charge in [-0.3, -0.25) is 0 Å². The zero-order chi connectivity index (χ0) is 13.4. The average Bonchev–Trinajstić information content (AvgIpc) is 2.39. The quantitative estimate of drug-likeness (QED) is 0.720. The Bertz CT molecular complexity index is 444. The number of hydrogen-bond donors (Lipinski definition) is 2. The first-order valence-electron chi connectivity index (χ1n) is 5.95. The molecule has 0 fully saturated rings. The van der Waals surface area contributed by atoms with Gasteiger partial charge >= 0.3 is 0 Å². The van der Waals surface area contributed by atoms with Crippen LogP contribution in [0.5, 0.6) is 0 Å². The molecule has 0 aliphatic heterocycles. The van der Waals surface area contributed by atoms with Crippen molar-refractivity contribution in [1.29, 1.82) is 0 Å². The van der Waals surface area contributed by atoms with Crippen LogP contribution in [0.2, 0.25) is 0 Å². The van der Waals surface area contributed by atoms with E-state index in [1.165, 1.54) is 7.05 Å². The highest BCUT2D eigenvalue weighted by Gasteiger charge is 2.09. The van der Waals surface area contributed by atoms with E-state index in [1.807, 2.05) is 11.8 Å². The molecule has 0 heterocycles. The summed E-state index contributed by atoms with van der Waals surface area (Å²) in [6.45, 7) is 3.06. The van der Waals surface area contributed by atoms with Gasteiger partial charge in [0, 0.05) is 12.2 Å². The third kappa shape index (κ3) is 4.88. The molecule has 0 aromatic heterocycles. The van der Waals surface area contributed by atoms with E-state index in [9.17, 15) is 8.42 Å². The van der Waals surface area contributed by atoms with Crippen LogP contribution in [-0.2, 0) is 10.0 Å². The van der Waals surface area contributed by atoms with E-state index < -0.39 is 10.0 Å². The topological polar surface area (TPSA) is 58.2 Å². The van der Waals surface area contributed by atoms with Crippen LogP contribution >= 0.6 is 11.8 Å². The summed E-state index contributed by atoms with van der Waals surface area (Å²) in [6, 6.07) is 6.79. The molecule has 0 saturated carbocycles. The largest absolute Gasteiger partial charge is 0.385 e. The molecule has 0 spiro atoms. The van der Waals surface area contributed by atoms with Crippen molar-refractivity contribution in [2.24, 2.45) is 0 Å². The van der Waals surface area contributed by atoms with E-state index >= 15 is 0 Å². The molecule has 6 heteroatoms. The molecule has 0 unspecified atom stereocenters. The lowest BCUT2D eigenvalue weighted by Crippen LogP contribution is -2.18. The van der Waals surface area contributed by atoms with Crippen LogP contribution in [0.4, 0.5) is 5.69 Å². The highest BCUT2D eigenvalue weighted by atomic mass is 32.2. The van der Waals surface area contributed by atoms with Gasteiger partial charge in [0.25, 0.3) is 0 Å². The molecular formula is C12H20N2O2S2. The monoisotopic (exact) mass is 288 g/mol. The van der Waals surface area contributed by atoms with Gasteiger partial charge in [-0.25, -0.2) is 13.1 Å². The fraction of sp³-hybridized carbons (Fsp3) is 0.500. The molecule has 1 aromatic carbocycles. The number of hydrogen-bond acceptors (Lipinski definition) is 4. The second-order valence-electron chi connectivity index (χ2n) is 3.71. The van der Waals surface area contributed by atoms with E-state index in [1.54, 1.807) is 24.3 Å². The Morgan fingerprint density at radius 3 is 2.44 bits per heavy atom. The Morgan fingerprint density at radius 2 is 1.89 bits per heavy atom. The van der Waals surface area contributed by atoms with Gasteiger partial charge in [0.1, 0.15) is 0 Å². The van der Waals surface area contributed by atoms with Crippen LogP contribution in [0.15, 0.2) is 29.2 Å². The highest BCUT2D eigenvalue weighted by molar-refractivity contribution is 7.99. The van der Waals surface area contributed by atoms with Gasteiger partial charge < -0.3 is 5.32 Å². The minimum Gasteiger partial charge on any atom is -0.385 e. The predicted octanol–water partition coefficient (Wildman–Crippen LogP) is 2.15. The van der Waals surface area contributed by atoms with Gasteiger partial charge in [-0.1, -0.05) is 6.92 Å². The molecule has 0 radical (unpaired) electrons. The summed E-state index contributed by atoms with van der Waals surface area (Å²) in [5, 5.41) is 3.27. The van der Waals surface area contributed by atoms with Crippen LogP contribution in [0, 0.1) is 0 Å². The SMILES string of the molecule is CCSCCCNc1ccc(S(=O)(=O)NC)cc1. The van der Waals surface area contributed by atoms with Crippen molar-refractivity contribution in [3.63, 3.8) is 0 Å². The summed E-state index contributed by atoms with van der Waals surface area (Å²) < 4.78 is 25.3. The van der Waals surface area contributed by atoms with E-state index in [0.29, 0.717) is 0 Å². The molecule has 0 aliphatic carbocycles. The summed E-state index contributed by atoms with van der Waals surface area (Å²) in [4.78, 5) is 0.289. The third-order valence-electron chi connectivity index (χ3n) is 2.43. The Morgan fingerprint density at radius 1 is 1.22 bits per heavy atom. The number of anilines is 1. The zero-order valence-corrected chi connectivity index (χ0v) is 12.4. The van der Waals surface area contributed by atoms with E-state index in [0.717, 1.165) is 30.2 Å². The summed E-state index contributed by atoms with van der Waals surface area (Å²) in [5.41, 5.74) is 0.951. The molecular weight excluding hydrogens is 268 g/mol. The summed E-state index contributed by atoms with van der Waals surface area (Å²) in [7, 11) is -1.92. The van der Waals surface area contributed by atoms with Crippen LogP contribution in [0.1, 0.15) is 13.3 Å². The van der Waals surface area contributed by atoms with Crippen LogP contribution < -0.4 is 10.0 Å². The second kappa shape index (κ2) is 7.66. The predicted molar refractivity (Wildman–Crippen MR) is 78.8 cm³/mol. The van der Waals surface area contributed by atoms with Crippen molar-refractivity contribution in [3.05, 3.63) is 24.3 Å². The van der Waals surface area contributed by atoms with Gasteiger partial charge in [-0.2, -0.15) is 11.8 Å². The Labute approximate surface area is 114 Å². The maximum absolute atomic E-state index is 11.5. The molecule has 18 heavy (non-hydrogen) atoms. The minimum atomic E-state index is -3.33. The Hall–Kier alpha value is -0.720. The van der Waals surface area contributed by atoms with Crippen molar-refractivity contribution in [2.75, 3.05) is 30.4 Å². The molecule has 0 amide bonds. The second-order valence-corrected chi connectivity index (χ2v) is 6.99. The number of sulfonamides is 1. The van der Waals surface area contributed by atoms with Gasteiger partial charge in [0.2, 0.25) is 10.0 Å². The van der Waals surface area contributed by atoms with Crippen molar-refractivity contribution in [1.82, 2.24) is 4.72 Å². The maximum atomic E-state index is 11.5. The van der Waals surface area contributed by atoms with E-state index in [2.05, 4.69) is 17.0 Å². The minimum absolute atomic E-state index is 0.289. The molecule has 1 aromatic rings. The first-order valence-corrected chi connectivity index (χ1v) is 8.59. The molecule has 2 N–H and O–H groups in total. The highest BCUT2D eigenvalue weighted by Crippen LogP contribution is 2.13. The maximum Gasteiger partial charge on any atom is 0.240 e. The molecule has 0 saturated heterocycles. The standard InChI is InChI=1S/C12H20N2O2S2/c1-3-17-10-4-9-14-11-5-7-12(8-6-11)18(15,16)13-2/h5-8,13-14H,3-4,9-10H2,1-2H3. The number of thioether (sulfide) groups is 1. The van der Waals surface area contributed by atoms with Gasteiger partial charge in [-0.05, 0) is 49.2 Å². The van der Waals surface area contributed by atoms with Gasteiger partial charge in [-0.15, -0.1) is 0 Å². The lowest BCUT2D eigenvalue weighted by Gasteiger charge is -2.07. The summed E-state index contributed by atoms with van der Waals surface area (Å²) >= 11 is 1.92. The molecule has 0 atom stereocenters. The summed E-state index contributed by atoms with van der Waals surface area (Å²) in [6.07, 6.45) is 1.11. The molecule has 102 valence electrons. The van der Waals surface area contributed by atoms with Crippen LogP contribution in [-0.4, -0.2) is 33.5 Å². The van der Waals surface area contributed by atoms with Crippen LogP contribution in [0.3, 0.4) is 0 Å². The zero-order valence-electron chi connectivity index (χ0n) is 10.8. The Balaban J connectivity index is 2.46. The molecule has 1 rings (SSSR count). The van der Waals surface area contributed by atoms with Crippen molar-refractivity contribution in [2.45, 2.75) is 18.2 Å². The Kier molecular flexibility index (Phi) is 6.52. The fourth-order valence-electron chi connectivity index (χ4n) is 1.42.